The van der Waals surface area contributed by atoms with Gasteiger partial charge in [0, 0.05) is 153 Å². The van der Waals surface area contributed by atoms with Crippen LogP contribution in [-0.2, 0) is 102 Å². The molecule has 0 aromatic carbocycles. The highest BCUT2D eigenvalue weighted by molar-refractivity contribution is 5.82. The number of aromatic nitrogens is 16. The van der Waals surface area contributed by atoms with Gasteiger partial charge < -0.3 is 102 Å². The number of piperazine rings is 4. The fraction of sp³-hybridized carbons (Fsp3) is 0.568. The Morgan fingerprint density at radius 1 is 0.379 bits per heavy atom. The van der Waals surface area contributed by atoms with Crippen LogP contribution in [0.5, 0.6) is 0 Å². The van der Waals surface area contributed by atoms with Gasteiger partial charge in [-0.05, 0) is 62.3 Å². The van der Waals surface area contributed by atoms with E-state index in [-0.39, 0.29) is 58.8 Å². The maximum Gasteiger partial charge on any atom is 0.490 e. The number of ether oxygens (including phenoxy) is 3. The van der Waals surface area contributed by atoms with E-state index in [1.54, 1.807) is 81.2 Å². The topological polar surface area (TPSA) is 568 Å². The summed E-state index contributed by atoms with van der Waals surface area (Å²) in [5.74, 6) is 14.9. The number of aliphatic carboxylic acids is 5. The van der Waals surface area contributed by atoms with Crippen molar-refractivity contribution in [3.8, 4) is 47.4 Å². The van der Waals surface area contributed by atoms with E-state index in [0.29, 0.717) is 128 Å². The summed E-state index contributed by atoms with van der Waals surface area (Å²) < 4.78 is 155. The minimum absolute atomic E-state index is 0.134. The van der Waals surface area contributed by atoms with Crippen molar-refractivity contribution < 1.29 is 126 Å². The molecule has 59 heteroatoms. The average Bonchev–Trinajstić information content (AvgIpc) is 1.64. The fourth-order valence-electron chi connectivity index (χ4n) is 12.5. The molecule has 4 saturated heterocycles. The molecule has 0 aliphatic carbocycles. The lowest BCUT2D eigenvalue weighted by atomic mass is 10.3. The average molecular weight is 2010 g/mol. The fourth-order valence-corrected chi connectivity index (χ4v) is 12.5. The van der Waals surface area contributed by atoms with Gasteiger partial charge in [0.1, 0.15) is 12.1 Å². The molecule has 0 radical (unpaired) electrons. The summed E-state index contributed by atoms with van der Waals surface area (Å²) in [6, 6.07) is -1.53. The van der Waals surface area contributed by atoms with Gasteiger partial charge in [-0.15, -0.1) is 23.7 Å². The molecule has 0 amide bonds. The van der Waals surface area contributed by atoms with Gasteiger partial charge in [0.25, 0.3) is 22.2 Å². The lowest BCUT2D eigenvalue weighted by molar-refractivity contribution is -0.193. The molecule has 13 N–H and O–H groups in total. The van der Waals surface area contributed by atoms with Gasteiger partial charge in [-0.25, -0.2) is 24.0 Å². The number of imidazole rings is 4. The van der Waals surface area contributed by atoms with Gasteiger partial charge in [0.2, 0.25) is 47.6 Å². The first-order valence-corrected chi connectivity index (χ1v) is 42.6. The van der Waals surface area contributed by atoms with Gasteiger partial charge >= 0.3 is 66.5 Å². The van der Waals surface area contributed by atoms with Crippen molar-refractivity contribution >= 4 is 134 Å². The first-order valence-electron chi connectivity index (χ1n) is 42.6. The number of carboxylic acids is 5. The number of rotatable bonds is 25. The Hall–Kier alpha value is -14.7. The summed E-state index contributed by atoms with van der Waals surface area (Å²) in [5.41, 5.74) is 2.23. The van der Waals surface area contributed by atoms with E-state index in [2.05, 4.69) is 144 Å². The molecule has 0 bridgehead atoms. The van der Waals surface area contributed by atoms with Gasteiger partial charge in [-0.1, -0.05) is 23.7 Å². The van der Waals surface area contributed by atoms with Crippen LogP contribution in [0.3, 0.4) is 0 Å². The standard InChI is InChI=1S/2C19H27N7O3.C18H27N7O2.C17H23N7O3.4C2HF3O2/c1-5-7-10-26-14-15(23-19(26)25-11-8-20-9-12-25)22-18(24(4)16(14)27)21-13(3)17(28)29-6-2;1-4-6-11-26-15-16(23-19(26)25-12-9-20-10-13-25)22-18(24(3)17(15)28)21-8-7-14(27)29-5-2;1-4-6-10-25-14-15(22-18(25)24-11-7-19-8-12-24)21-17(23(3)16(14)26)20-9-13-27-5-2;1-4-5-8-24-12-13(21-17(24)23-9-6-18-7-10-23)20-16(22(3)14(12)25)19-11(2)15(26)27;4*3-2(4,5)1(6)7/h13,20H,6,8-12H2,1-4H3,(H,21,22);20H,5,7-13H2,1-3H3,(H,21,22);19H,5,7-13H2,1-3H3,(H,20,21);11,18H,6-10H2,1-3H3,(H,19,20)(H,26,27);4*(H,6,7)/t13-;;;11-;;;;/m0..0..../s1. The zero-order chi connectivity index (χ0) is 105. The summed E-state index contributed by atoms with van der Waals surface area (Å²) in [4.78, 5) is 168. The second kappa shape index (κ2) is 54.4. The third-order valence-corrected chi connectivity index (χ3v) is 19.4. The molecule has 12 rings (SSSR count). The third kappa shape index (κ3) is 33.3. The number of nitrogens with one attached hydrogen (secondary N) is 8. The van der Waals surface area contributed by atoms with Gasteiger partial charge in [-0.2, -0.15) is 92.6 Å². The van der Waals surface area contributed by atoms with Crippen LogP contribution < -0.4 is 84.4 Å². The maximum atomic E-state index is 13.1. The first kappa shape index (κ1) is 116. The number of halogens is 12. The van der Waals surface area contributed by atoms with Crippen LogP contribution in [0.15, 0.2) is 19.2 Å². The zero-order valence-electron chi connectivity index (χ0n) is 78.2. The Morgan fingerprint density at radius 2 is 0.621 bits per heavy atom. The largest absolute Gasteiger partial charge is 0.490 e. The van der Waals surface area contributed by atoms with Crippen molar-refractivity contribution in [3.05, 3.63) is 41.4 Å². The van der Waals surface area contributed by atoms with Crippen molar-refractivity contribution in [1.82, 2.24) is 97.7 Å². The number of fused-ring (bicyclic) bond motifs is 4. The smallest absolute Gasteiger partial charge is 0.480 e. The third-order valence-electron chi connectivity index (χ3n) is 19.4. The summed E-state index contributed by atoms with van der Waals surface area (Å²) in [7, 11) is 6.53. The van der Waals surface area contributed by atoms with E-state index in [0.717, 1.165) is 111 Å². The SMILES string of the molecule is CC#CCn1c(N2CCNCC2)nc2nc(NCCC(=O)OCC)n(C)c(=O)c21.CC#CCn1c(N2CCNCC2)nc2nc(NCCOCC)n(C)c(=O)c21.CC#CCn1c(N2CCNCC2)nc2nc(N[C@@H](C)C(=O)O)n(C)c(=O)c21.CC#CCn1c(N2CCNCC2)nc2nc(N[C@@H](C)C(=O)OCC)n(C)c(=O)c21.O=C(O)C(F)(F)F.O=C(O)C(F)(F)F.O=C(O)C(F)(F)F.O=C(O)C(F)(F)F. The van der Waals surface area contributed by atoms with Gasteiger partial charge in [0.15, 0.2) is 44.7 Å². The molecule has 0 spiro atoms. The van der Waals surface area contributed by atoms with Gasteiger partial charge in [0.05, 0.1) is 52.4 Å². The lowest BCUT2D eigenvalue weighted by Crippen LogP contribution is -2.44. The van der Waals surface area contributed by atoms with Crippen molar-refractivity contribution in [2.24, 2.45) is 28.2 Å². The molecule has 4 aliphatic rings. The molecule has 4 aliphatic heterocycles. The molecule has 140 heavy (non-hydrogen) atoms. The number of alkyl halides is 12. The first-order chi connectivity index (χ1) is 65.9. The Labute approximate surface area is 788 Å². The maximum absolute atomic E-state index is 13.1. The van der Waals surface area contributed by atoms with Crippen LogP contribution in [0.1, 0.15) is 68.7 Å². The van der Waals surface area contributed by atoms with Crippen LogP contribution in [-0.4, -0.2) is 325 Å². The minimum atomic E-state index is -5.08. The predicted molar refractivity (Wildman–Crippen MR) is 485 cm³/mol. The summed E-state index contributed by atoms with van der Waals surface area (Å²) in [5, 5.41) is 62.8. The number of nitrogens with zero attached hydrogens (tertiary/aromatic N) is 20. The molecule has 8 aromatic heterocycles. The molecule has 0 saturated carbocycles. The van der Waals surface area contributed by atoms with Crippen LogP contribution in [0.2, 0.25) is 0 Å². The Balaban J connectivity index is 0.000000301. The molecule has 770 valence electrons. The number of carbonyl (C=O) groups is 7. The molecular formula is C81H108F12N28O19. The molecule has 47 nitrogen and oxygen atoms in total. The number of carboxylic acid groups (broad SMARTS) is 5. The van der Waals surface area contributed by atoms with E-state index in [1.165, 1.54) is 25.2 Å². The Morgan fingerprint density at radius 3 is 0.857 bits per heavy atom. The van der Waals surface area contributed by atoms with Gasteiger partial charge in [-0.3, -0.25) is 65.3 Å². The van der Waals surface area contributed by atoms with Crippen molar-refractivity contribution in [3.63, 3.8) is 0 Å². The zero-order valence-corrected chi connectivity index (χ0v) is 78.2. The van der Waals surface area contributed by atoms with Crippen LogP contribution >= 0.6 is 0 Å². The van der Waals surface area contributed by atoms with E-state index >= 15 is 0 Å². The number of hydrogen-bond donors (Lipinski definition) is 13. The van der Waals surface area contributed by atoms with Crippen molar-refractivity contribution in [1.29, 1.82) is 0 Å². The summed E-state index contributed by atoms with van der Waals surface area (Å²) >= 11 is 0. The minimum Gasteiger partial charge on any atom is -0.480 e. The number of esters is 2. The molecule has 2 atom stereocenters. The van der Waals surface area contributed by atoms with Crippen LogP contribution in [0.25, 0.3) is 44.7 Å². The predicted octanol–water partition coefficient (Wildman–Crippen LogP) is 1.85. The highest BCUT2D eigenvalue weighted by atomic mass is 19.4. The summed E-state index contributed by atoms with van der Waals surface area (Å²) in [6.45, 7) is 33.1. The molecule has 0 unspecified atom stereocenters. The van der Waals surface area contributed by atoms with E-state index in [1.807, 2.05) is 20.6 Å². The second-order valence-electron chi connectivity index (χ2n) is 29.2. The Kier molecular flexibility index (Phi) is 45.0. The molecular weight excluding hydrogens is 1900 g/mol. The number of anilines is 8. The second-order valence-corrected chi connectivity index (χ2v) is 29.2. The Bertz CT molecular complexity index is 6030. The normalized spacial score (nSPS) is 13.9. The number of carbonyl (C=O) groups excluding carboxylic acids is 2. The van der Waals surface area contributed by atoms with Crippen LogP contribution in [0.4, 0.5) is 100 Å². The van der Waals surface area contributed by atoms with Crippen molar-refractivity contribution in [2.45, 2.75) is 132 Å². The molecule has 12 heterocycles. The van der Waals surface area contributed by atoms with Crippen LogP contribution in [0, 0.1) is 47.4 Å². The quantitative estimate of drug-likeness (QED) is 0.0168. The van der Waals surface area contributed by atoms with E-state index in [4.69, 9.17) is 63.9 Å². The van der Waals surface area contributed by atoms with E-state index in [9.17, 15) is 86.2 Å². The van der Waals surface area contributed by atoms with Crippen molar-refractivity contribution in [2.75, 3.05) is 185 Å². The monoisotopic (exact) mass is 2000 g/mol. The van der Waals surface area contributed by atoms with E-state index < -0.39 is 72.6 Å². The lowest BCUT2D eigenvalue weighted by Gasteiger charge is -2.28. The summed E-state index contributed by atoms with van der Waals surface area (Å²) in [6.07, 6.45) is -20.1. The molecule has 8 aromatic rings. The highest BCUT2D eigenvalue weighted by Gasteiger charge is 2.41. The number of hydrogen-bond acceptors (Lipinski definition) is 34. The molecule has 4 fully saturated rings. The highest BCUT2D eigenvalue weighted by Crippen LogP contribution is 2.27.